The number of allylic oxidation sites excluding steroid dienone is 1. The van der Waals surface area contributed by atoms with Gasteiger partial charge in [0.1, 0.15) is 11.5 Å². The monoisotopic (exact) mass is 871 g/mol. The minimum absolute atomic E-state index is 0.796. The van der Waals surface area contributed by atoms with Crippen LogP contribution in [-0.4, -0.2) is 9.13 Å². The summed E-state index contributed by atoms with van der Waals surface area (Å²) in [7, 11) is 0. The molecule has 322 valence electrons. The van der Waals surface area contributed by atoms with Gasteiger partial charge in [-0.25, -0.2) is 0 Å². The molecule has 0 fully saturated rings. The summed E-state index contributed by atoms with van der Waals surface area (Å²) in [5.41, 5.74) is 17.7. The summed E-state index contributed by atoms with van der Waals surface area (Å²) >= 11 is 0. The maximum absolute atomic E-state index is 6.52. The average Bonchev–Trinajstić information content (AvgIpc) is 3.91. The third-order valence-electron chi connectivity index (χ3n) is 13.6. The molecule has 0 spiro atoms. The third-order valence-corrected chi connectivity index (χ3v) is 13.6. The fourth-order valence-electron chi connectivity index (χ4n) is 10.4. The molecule has 0 radical (unpaired) electrons. The Labute approximate surface area is 395 Å². The van der Waals surface area contributed by atoms with Crippen molar-refractivity contribution in [2.45, 2.75) is 12.8 Å². The number of benzene rings is 10. The van der Waals surface area contributed by atoms with Crippen molar-refractivity contribution in [1.29, 1.82) is 0 Å². The molecule has 2 aromatic heterocycles. The third kappa shape index (κ3) is 6.94. The largest absolute Gasteiger partial charge is 0.457 e. The van der Waals surface area contributed by atoms with E-state index in [1.807, 2.05) is 12.1 Å². The molecule has 13 rings (SSSR count). The van der Waals surface area contributed by atoms with Crippen molar-refractivity contribution in [3.05, 3.63) is 248 Å². The Kier molecular flexibility index (Phi) is 9.61. The molecule has 0 amide bonds. The lowest BCUT2D eigenvalue weighted by Crippen LogP contribution is -2.02. The fraction of sp³-hybridized carbons (Fsp3) is 0.0312. The lowest BCUT2D eigenvalue weighted by Gasteiger charge is -2.14. The average molecular weight is 872 g/mol. The van der Waals surface area contributed by atoms with Crippen LogP contribution in [0.3, 0.4) is 0 Å². The maximum atomic E-state index is 6.52. The smallest absolute Gasteiger partial charge is 0.135 e. The zero-order valence-electron chi connectivity index (χ0n) is 37.3. The summed E-state index contributed by atoms with van der Waals surface area (Å²) in [6.07, 6.45) is 6.72. The van der Waals surface area contributed by atoms with E-state index in [9.17, 15) is 0 Å². The first-order valence-corrected chi connectivity index (χ1v) is 23.5. The van der Waals surface area contributed by atoms with Gasteiger partial charge in [-0.15, -0.1) is 0 Å². The number of nitrogens with zero attached hydrogens (tertiary/aromatic N) is 2. The van der Waals surface area contributed by atoms with Gasteiger partial charge in [0.15, 0.2) is 0 Å². The molecule has 0 aliphatic heterocycles. The summed E-state index contributed by atoms with van der Waals surface area (Å²) in [6, 6.07) is 82.7. The van der Waals surface area contributed by atoms with E-state index >= 15 is 0 Å². The highest BCUT2D eigenvalue weighted by molar-refractivity contribution is 6.12. The second kappa shape index (κ2) is 16.5. The van der Waals surface area contributed by atoms with Gasteiger partial charge < -0.3 is 19.2 Å². The predicted molar refractivity (Wildman–Crippen MR) is 285 cm³/mol. The first kappa shape index (κ1) is 39.5. The lowest BCUT2D eigenvalue weighted by atomic mass is 9.96. The highest BCUT2D eigenvalue weighted by Gasteiger charge is 2.21. The summed E-state index contributed by atoms with van der Waals surface area (Å²) in [5.74, 6) is 1.64. The van der Waals surface area contributed by atoms with Gasteiger partial charge in [-0.2, -0.15) is 0 Å². The molecular weight excluding hydrogens is 827 g/mol. The van der Waals surface area contributed by atoms with Crippen LogP contribution in [0.4, 0.5) is 11.4 Å². The Hall–Kier alpha value is -8.86. The topological polar surface area (TPSA) is 31.1 Å². The number of rotatable bonds is 9. The van der Waals surface area contributed by atoms with E-state index in [2.05, 4.69) is 245 Å². The van der Waals surface area contributed by atoms with Crippen LogP contribution in [0.5, 0.6) is 11.5 Å². The van der Waals surface area contributed by atoms with E-state index in [0.717, 1.165) is 79.9 Å². The molecule has 0 saturated carbocycles. The molecule has 4 heteroatoms. The number of aromatic nitrogens is 2. The Balaban J connectivity index is 0.937. The zero-order valence-corrected chi connectivity index (χ0v) is 37.3. The molecule has 1 aliphatic carbocycles. The maximum Gasteiger partial charge on any atom is 0.135 e. The first-order chi connectivity index (χ1) is 33.7. The van der Waals surface area contributed by atoms with Crippen LogP contribution in [0.1, 0.15) is 17.7 Å². The van der Waals surface area contributed by atoms with Crippen LogP contribution in [0, 0.1) is 0 Å². The van der Waals surface area contributed by atoms with Crippen molar-refractivity contribution in [3.8, 4) is 56.3 Å². The standard InChI is InChI=1S/C64H45N3O/c1-3-19-49(20-4-1)65-59-26-11-9-23-53(59)48-18-13-17-44(39-48)45-29-37-62-57(41-45)58-42-47(46-30-36-61-56(40-46)55-25-10-12-27-60(55)66(61)50-21-5-2-6-22-50)31-38-63(58)67(62)51-32-34-52(35-33-51)68-64-28-14-16-43-15-7-8-24-54(43)64/h1-11,13-26,28-42,65H,12,27H2. The fourth-order valence-corrected chi connectivity index (χ4v) is 10.4. The van der Waals surface area contributed by atoms with Gasteiger partial charge in [0.2, 0.25) is 0 Å². The van der Waals surface area contributed by atoms with Crippen LogP contribution in [0.2, 0.25) is 0 Å². The van der Waals surface area contributed by atoms with Gasteiger partial charge in [-0.3, -0.25) is 0 Å². The summed E-state index contributed by atoms with van der Waals surface area (Å²) in [5, 5.41) is 9.59. The molecule has 0 atom stereocenters. The molecule has 0 bridgehead atoms. The Bertz CT molecular complexity index is 3890. The zero-order chi connectivity index (χ0) is 45.0. The van der Waals surface area contributed by atoms with Gasteiger partial charge in [0, 0.05) is 61.1 Å². The van der Waals surface area contributed by atoms with Crippen LogP contribution in [-0.2, 0) is 6.42 Å². The molecule has 4 nitrogen and oxygen atoms in total. The van der Waals surface area contributed by atoms with Gasteiger partial charge in [-0.05, 0) is 149 Å². The van der Waals surface area contributed by atoms with E-state index in [1.54, 1.807) is 0 Å². The second-order valence-electron chi connectivity index (χ2n) is 17.7. The number of fused-ring (bicyclic) bond motifs is 7. The Morgan fingerprint density at radius 2 is 1.00 bits per heavy atom. The number of ether oxygens (including phenoxy) is 1. The summed E-state index contributed by atoms with van der Waals surface area (Å²) < 4.78 is 11.4. The number of nitrogens with one attached hydrogen (secondary N) is 1. The van der Waals surface area contributed by atoms with E-state index in [4.69, 9.17) is 4.74 Å². The minimum atomic E-state index is 0.796. The molecular formula is C64H45N3O. The highest BCUT2D eigenvalue weighted by Crippen LogP contribution is 2.41. The summed E-state index contributed by atoms with van der Waals surface area (Å²) in [6.45, 7) is 0. The van der Waals surface area contributed by atoms with Crippen molar-refractivity contribution >= 4 is 60.9 Å². The molecule has 10 aromatic carbocycles. The van der Waals surface area contributed by atoms with Gasteiger partial charge in [-0.1, -0.05) is 140 Å². The molecule has 12 aromatic rings. The van der Waals surface area contributed by atoms with Gasteiger partial charge >= 0.3 is 0 Å². The minimum Gasteiger partial charge on any atom is -0.457 e. The van der Waals surface area contributed by atoms with E-state index in [0.29, 0.717) is 0 Å². The van der Waals surface area contributed by atoms with Crippen molar-refractivity contribution in [2.75, 3.05) is 5.32 Å². The van der Waals surface area contributed by atoms with Crippen molar-refractivity contribution in [2.24, 2.45) is 0 Å². The molecule has 0 unspecified atom stereocenters. The number of hydrogen-bond donors (Lipinski definition) is 1. The number of hydrogen-bond acceptors (Lipinski definition) is 2. The van der Waals surface area contributed by atoms with Crippen LogP contribution < -0.4 is 10.1 Å². The van der Waals surface area contributed by atoms with Crippen LogP contribution >= 0.6 is 0 Å². The van der Waals surface area contributed by atoms with E-state index in [1.165, 1.54) is 55.3 Å². The molecule has 68 heavy (non-hydrogen) atoms. The Morgan fingerprint density at radius 1 is 0.412 bits per heavy atom. The summed E-state index contributed by atoms with van der Waals surface area (Å²) in [4.78, 5) is 0. The molecule has 2 heterocycles. The SMILES string of the molecule is C1=Cc2c(n(-c3ccccc3)c3ccc(-c4ccc5c(c4)c4cc(-c6cccc(-c7ccccc7Nc7ccccc7)c6)ccc4n5-c4ccc(Oc5cccc6ccccc56)cc4)cc23)CC1. The quantitative estimate of drug-likeness (QED) is 0.157. The number of anilines is 2. The van der Waals surface area contributed by atoms with Crippen LogP contribution in [0.25, 0.3) is 94.3 Å². The van der Waals surface area contributed by atoms with Crippen molar-refractivity contribution in [3.63, 3.8) is 0 Å². The van der Waals surface area contributed by atoms with E-state index in [-0.39, 0.29) is 0 Å². The van der Waals surface area contributed by atoms with Gasteiger partial charge in [0.05, 0.1) is 16.6 Å². The Morgan fingerprint density at radius 3 is 1.76 bits per heavy atom. The molecule has 1 N–H and O–H groups in total. The normalized spacial score (nSPS) is 12.2. The molecule has 1 aliphatic rings. The van der Waals surface area contributed by atoms with Crippen molar-refractivity contribution in [1.82, 2.24) is 9.13 Å². The van der Waals surface area contributed by atoms with Crippen molar-refractivity contribution < 1.29 is 4.74 Å². The number of para-hydroxylation sites is 3. The van der Waals surface area contributed by atoms with Gasteiger partial charge in [0.25, 0.3) is 0 Å². The van der Waals surface area contributed by atoms with Crippen LogP contribution in [0.15, 0.2) is 237 Å². The first-order valence-electron chi connectivity index (χ1n) is 23.5. The highest BCUT2D eigenvalue weighted by atomic mass is 16.5. The predicted octanol–water partition coefficient (Wildman–Crippen LogP) is 17.4. The lowest BCUT2D eigenvalue weighted by molar-refractivity contribution is 0.488. The van der Waals surface area contributed by atoms with E-state index < -0.39 is 0 Å². The second-order valence-corrected chi connectivity index (χ2v) is 17.7. The molecule has 0 saturated heterocycles.